The lowest BCUT2D eigenvalue weighted by atomic mass is 10.1. The molecule has 0 aliphatic rings. The minimum absolute atomic E-state index is 0.322. The zero-order valence-electron chi connectivity index (χ0n) is 17.3. The normalized spacial score (nSPS) is 11.7. The quantitative estimate of drug-likeness (QED) is 0.422. The lowest BCUT2D eigenvalue weighted by Gasteiger charge is -2.16. The van der Waals surface area contributed by atoms with Gasteiger partial charge in [-0.1, -0.05) is 0 Å². The summed E-state index contributed by atoms with van der Waals surface area (Å²) in [7, 11) is 0. The van der Waals surface area contributed by atoms with Crippen molar-refractivity contribution in [3.8, 4) is 17.2 Å². The van der Waals surface area contributed by atoms with E-state index in [1.165, 1.54) is 0 Å². The molecule has 2 aromatic carbocycles. The van der Waals surface area contributed by atoms with Gasteiger partial charge in [0.05, 0.1) is 11.8 Å². The van der Waals surface area contributed by atoms with Gasteiger partial charge < -0.3 is 20.5 Å². The van der Waals surface area contributed by atoms with Gasteiger partial charge in [0.25, 0.3) is 11.8 Å². The smallest absolute Gasteiger partial charge is 0.455 e. The van der Waals surface area contributed by atoms with Crippen LogP contribution in [-0.4, -0.2) is 23.2 Å². The van der Waals surface area contributed by atoms with Crippen molar-refractivity contribution in [2.75, 3.05) is 5.32 Å². The first-order valence-corrected chi connectivity index (χ1v) is 9.36. The summed E-state index contributed by atoms with van der Waals surface area (Å²) in [5.74, 6) is -7.76. The van der Waals surface area contributed by atoms with Crippen molar-refractivity contribution in [1.82, 2.24) is 4.98 Å². The highest BCUT2D eigenvalue weighted by molar-refractivity contribution is 6.07. The molecule has 15 heteroatoms. The molecule has 0 aliphatic carbocycles. The second kappa shape index (κ2) is 9.67. The number of aromatic nitrogens is 1. The van der Waals surface area contributed by atoms with Gasteiger partial charge in [-0.15, -0.1) is 13.2 Å². The predicted octanol–water partition coefficient (Wildman–Crippen LogP) is 5.42. The SMILES string of the molecule is NC(=O)c1cc(NC(=O)c2c(Oc3ccc(OC(F)(F)F)cc3)cnc(C(F)(F)F)c2F)ccc1F. The van der Waals surface area contributed by atoms with Crippen LogP contribution in [0.5, 0.6) is 17.2 Å². The van der Waals surface area contributed by atoms with Crippen molar-refractivity contribution in [2.45, 2.75) is 12.5 Å². The maximum Gasteiger partial charge on any atom is 0.573 e. The summed E-state index contributed by atoms with van der Waals surface area (Å²) in [6.45, 7) is 0. The van der Waals surface area contributed by atoms with Crippen LogP contribution in [0.25, 0.3) is 0 Å². The molecule has 0 radical (unpaired) electrons. The van der Waals surface area contributed by atoms with Crippen LogP contribution in [0.15, 0.2) is 48.7 Å². The molecule has 3 N–H and O–H groups in total. The van der Waals surface area contributed by atoms with E-state index in [4.69, 9.17) is 10.5 Å². The number of nitrogens with two attached hydrogens (primary N) is 1. The molecule has 36 heavy (non-hydrogen) atoms. The molecule has 3 aromatic rings. The molecule has 0 bridgehead atoms. The second-order valence-electron chi connectivity index (χ2n) is 6.79. The lowest BCUT2D eigenvalue weighted by Crippen LogP contribution is -2.21. The van der Waals surface area contributed by atoms with Crippen molar-refractivity contribution in [2.24, 2.45) is 5.73 Å². The molecule has 7 nitrogen and oxygen atoms in total. The third-order valence-electron chi connectivity index (χ3n) is 4.26. The number of nitrogens with zero attached hydrogens (tertiary/aromatic N) is 1. The molecule has 1 heterocycles. The molecular weight excluding hydrogens is 510 g/mol. The molecule has 3 rings (SSSR count). The van der Waals surface area contributed by atoms with E-state index in [0.717, 1.165) is 42.5 Å². The molecule has 0 aliphatic heterocycles. The van der Waals surface area contributed by atoms with E-state index < -0.39 is 64.3 Å². The van der Waals surface area contributed by atoms with Gasteiger partial charge in [-0.25, -0.2) is 13.8 Å². The summed E-state index contributed by atoms with van der Waals surface area (Å²) in [6.07, 6.45) is -9.94. The van der Waals surface area contributed by atoms with Crippen LogP contribution in [0.3, 0.4) is 0 Å². The van der Waals surface area contributed by atoms with Gasteiger partial charge in [0, 0.05) is 5.69 Å². The predicted molar refractivity (Wildman–Crippen MR) is 105 cm³/mol. The van der Waals surface area contributed by atoms with Crippen LogP contribution < -0.4 is 20.5 Å². The van der Waals surface area contributed by atoms with Crippen molar-refractivity contribution < 1.29 is 54.2 Å². The van der Waals surface area contributed by atoms with Gasteiger partial charge in [-0.05, 0) is 42.5 Å². The average molecular weight is 521 g/mol. The molecule has 190 valence electrons. The summed E-state index contributed by atoms with van der Waals surface area (Å²) >= 11 is 0. The molecule has 0 spiro atoms. The van der Waals surface area contributed by atoms with E-state index in [1.807, 2.05) is 5.32 Å². The highest BCUT2D eigenvalue weighted by Gasteiger charge is 2.39. The Labute approximate surface area is 195 Å². The second-order valence-corrected chi connectivity index (χ2v) is 6.79. The van der Waals surface area contributed by atoms with E-state index >= 15 is 0 Å². The number of anilines is 1. The number of carbonyl (C=O) groups is 2. The highest BCUT2D eigenvalue weighted by atomic mass is 19.4. The number of alkyl halides is 6. The number of halogens is 8. The van der Waals surface area contributed by atoms with E-state index in [-0.39, 0.29) is 11.4 Å². The van der Waals surface area contributed by atoms with E-state index in [0.29, 0.717) is 6.20 Å². The molecule has 0 saturated heterocycles. The summed E-state index contributed by atoms with van der Waals surface area (Å²) in [5.41, 5.74) is 0.634. The first kappa shape index (κ1) is 26.2. The van der Waals surface area contributed by atoms with Crippen LogP contribution in [-0.2, 0) is 6.18 Å². The number of benzene rings is 2. The number of hydrogen-bond acceptors (Lipinski definition) is 5. The van der Waals surface area contributed by atoms with Crippen LogP contribution in [0.1, 0.15) is 26.4 Å². The Kier molecular flexibility index (Phi) is 7.03. The maximum absolute atomic E-state index is 14.8. The number of carbonyl (C=O) groups excluding carboxylic acids is 2. The number of nitrogens with one attached hydrogen (secondary N) is 1. The fourth-order valence-electron chi connectivity index (χ4n) is 2.78. The molecule has 0 atom stereocenters. The Hall–Kier alpha value is -4.43. The topological polar surface area (TPSA) is 104 Å². The lowest BCUT2D eigenvalue weighted by molar-refractivity contribution is -0.274. The van der Waals surface area contributed by atoms with Crippen LogP contribution in [0.4, 0.5) is 40.8 Å². The number of primary amides is 1. The summed E-state index contributed by atoms with van der Waals surface area (Å²) < 4.78 is 114. The van der Waals surface area contributed by atoms with E-state index in [2.05, 4.69) is 9.72 Å². The molecule has 1 aromatic heterocycles. The summed E-state index contributed by atoms with van der Waals surface area (Å²) in [4.78, 5) is 26.9. The maximum atomic E-state index is 14.8. The largest absolute Gasteiger partial charge is 0.573 e. The van der Waals surface area contributed by atoms with Crippen molar-refractivity contribution in [3.05, 3.63) is 77.1 Å². The van der Waals surface area contributed by atoms with Crippen molar-refractivity contribution in [3.63, 3.8) is 0 Å². The van der Waals surface area contributed by atoms with E-state index in [9.17, 15) is 44.7 Å². The summed E-state index contributed by atoms with van der Waals surface area (Å²) in [5, 5.41) is 1.99. The van der Waals surface area contributed by atoms with Crippen LogP contribution in [0.2, 0.25) is 0 Å². The first-order chi connectivity index (χ1) is 16.7. The zero-order valence-corrected chi connectivity index (χ0v) is 17.3. The Morgan fingerprint density at radius 2 is 1.53 bits per heavy atom. The van der Waals surface area contributed by atoms with E-state index in [1.54, 1.807) is 0 Å². The van der Waals surface area contributed by atoms with Gasteiger partial charge in [-0.2, -0.15) is 13.2 Å². The Bertz CT molecular complexity index is 1310. The average Bonchev–Trinajstić information content (AvgIpc) is 2.74. The van der Waals surface area contributed by atoms with Gasteiger partial charge in [0.15, 0.2) is 17.3 Å². The molecule has 0 saturated carbocycles. The van der Waals surface area contributed by atoms with Crippen molar-refractivity contribution in [1.29, 1.82) is 0 Å². The third-order valence-corrected chi connectivity index (χ3v) is 4.26. The van der Waals surface area contributed by atoms with Gasteiger partial charge in [0.1, 0.15) is 22.9 Å². The van der Waals surface area contributed by atoms with Gasteiger partial charge in [0.2, 0.25) is 0 Å². The van der Waals surface area contributed by atoms with Crippen LogP contribution >= 0.6 is 0 Å². The third kappa shape index (κ3) is 6.17. The van der Waals surface area contributed by atoms with Gasteiger partial charge >= 0.3 is 12.5 Å². The fraction of sp³-hybridized carbons (Fsp3) is 0.0952. The summed E-state index contributed by atoms with van der Waals surface area (Å²) in [6, 6.07) is 5.79. The Balaban J connectivity index is 1.99. The molecule has 2 amide bonds. The fourth-order valence-corrected chi connectivity index (χ4v) is 2.78. The van der Waals surface area contributed by atoms with Gasteiger partial charge in [-0.3, -0.25) is 9.59 Å². The number of amides is 2. The van der Waals surface area contributed by atoms with Crippen LogP contribution in [0, 0.1) is 11.6 Å². The first-order valence-electron chi connectivity index (χ1n) is 9.36. The monoisotopic (exact) mass is 521 g/mol. The number of pyridine rings is 1. The standard InChI is InChI=1S/C21H11F8N3O4/c22-13-6-1-9(7-12(13)18(30)33)32-19(34)15-14(8-31-17(16(15)23)20(24,25)26)35-10-2-4-11(5-3-10)36-21(27,28)29/h1-8H,(H2,30,33)(H,32,34). The molecule has 0 unspecified atom stereocenters. The number of rotatable bonds is 6. The zero-order chi connectivity index (χ0) is 26.8. The number of hydrogen-bond donors (Lipinski definition) is 2. The number of ether oxygens (including phenoxy) is 2. The molecule has 0 fully saturated rings. The Morgan fingerprint density at radius 3 is 2.08 bits per heavy atom. The molecular formula is C21H11F8N3O4. The highest BCUT2D eigenvalue weighted by Crippen LogP contribution is 2.36. The Morgan fingerprint density at radius 1 is 0.917 bits per heavy atom. The minimum Gasteiger partial charge on any atom is -0.455 e. The van der Waals surface area contributed by atoms with Crippen molar-refractivity contribution >= 4 is 17.5 Å². The minimum atomic E-state index is -5.32.